The van der Waals surface area contributed by atoms with Crippen LogP contribution in [0.15, 0.2) is 72.5 Å². The molecule has 16 nitrogen and oxygen atoms in total. The van der Waals surface area contributed by atoms with Crippen LogP contribution in [0.4, 0.5) is 35.4 Å². The lowest BCUT2D eigenvalue weighted by molar-refractivity contribution is -0.151. The van der Waals surface area contributed by atoms with Gasteiger partial charge in [-0.3, -0.25) is 34.6 Å². The SMILES string of the molecule is O=C1CCC(Nc2ccc(N3CCC(O)(CC(=O)N4CC5(C4)CN(c4ccc(-c6cc(F)c7c(c6)C(=O)N(C(C(=O)Nc6nccs6)c6ncn8c6CC(F)C8)C7)cc4)C5)CC3)c(F)c2)C(=O)N1. The number of nitrogens with zero attached hydrogens (tertiary/aromatic N) is 7. The molecule has 20 heteroatoms. The lowest BCUT2D eigenvalue weighted by atomic mass is 9.72. The van der Waals surface area contributed by atoms with Gasteiger partial charge in [0.1, 0.15) is 23.8 Å². The van der Waals surface area contributed by atoms with Crippen molar-refractivity contribution in [2.75, 3.05) is 59.7 Å². The van der Waals surface area contributed by atoms with Crippen LogP contribution < -0.4 is 25.8 Å². The quantitative estimate of drug-likeness (QED) is 0.133. The first-order chi connectivity index (χ1) is 32.7. The van der Waals surface area contributed by atoms with E-state index in [1.165, 1.54) is 40.9 Å². The molecule has 1 spiro atoms. The van der Waals surface area contributed by atoms with Crippen LogP contribution in [0.1, 0.15) is 65.5 Å². The molecule has 3 aromatic carbocycles. The van der Waals surface area contributed by atoms with Gasteiger partial charge in [-0.1, -0.05) is 12.1 Å². The normalized spacial score (nSPS) is 21.8. The highest BCUT2D eigenvalue weighted by Crippen LogP contribution is 2.44. The summed E-state index contributed by atoms with van der Waals surface area (Å²) in [5, 5.41) is 21.5. The third-order valence-electron chi connectivity index (χ3n) is 14.4. The smallest absolute Gasteiger partial charge is 0.255 e. The van der Waals surface area contributed by atoms with Crippen LogP contribution >= 0.6 is 11.3 Å². The maximum atomic E-state index is 15.9. The number of carbonyl (C=O) groups excluding carboxylic acids is 5. The molecule has 0 bridgehead atoms. The van der Waals surface area contributed by atoms with Gasteiger partial charge in [0.15, 0.2) is 11.2 Å². The summed E-state index contributed by atoms with van der Waals surface area (Å²) >= 11 is 1.21. The number of alkyl halides is 1. The highest BCUT2D eigenvalue weighted by molar-refractivity contribution is 7.13. The van der Waals surface area contributed by atoms with E-state index < -0.39 is 53.2 Å². The van der Waals surface area contributed by atoms with E-state index in [1.54, 1.807) is 33.0 Å². The van der Waals surface area contributed by atoms with E-state index >= 15 is 8.78 Å². The number of carbonyl (C=O) groups is 5. The van der Waals surface area contributed by atoms with Gasteiger partial charge in [0, 0.05) is 97.3 Å². The molecular weight excluding hydrogens is 902 g/mol. The summed E-state index contributed by atoms with van der Waals surface area (Å²) in [6.07, 6.45) is 3.02. The molecule has 11 rings (SSSR count). The second-order valence-electron chi connectivity index (χ2n) is 19.0. The van der Waals surface area contributed by atoms with Gasteiger partial charge in [-0.15, -0.1) is 11.3 Å². The van der Waals surface area contributed by atoms with Gasteiger partial charge >= 0.3 is 0 Å². The van der Waals surface area contributed by atoms with Crippen LogP contribution in [0.25, 0.3) is 11.1 Å². The van der Waals surface area contributed by atoms with Gasteiger partial charge < -0.3 is 34.6 Å². The van der Waals surface area contributed by atoms with E-state index in [-0.39, 0.29) is 66.4 Å². The molecule has 0 radical (unpaired) electrons. The van der Waals surface area contributed by atoms with E-state index in [1.807, 2.05) is 29.2 Å². The Balaban J connectivity index is 0.678. The first-order valence-corrected chi connectivity index (χ1v) is 23.6. The molecule has 5 amide bonds. The molecule has 6 aliphatic rings. The van der Waals surface area contributed by atoms with Crippen molar-refractivity contribution in [2.45, 2.75) is 75.5 Å². The third kappa shape index (κ3) is 8.01. The minimum Gasteiger partial charge on any atom is -0.389 e. The number of anilines is 4. The molecule has 4 N–H and O–H groups in total. The largest absolute Gasteiger partial charge is 0.389 e. The summed E-state index contributed by atoms with van der Waals surface area (Å²) < 4.78 is 47.3. The Kier molecular flexibility index (Phi) is 10.8. The topological polar surface area (TPSA) is 185 Å². The standard InChI is InChI=1S/C48H47F3N10O6S/c49-29-17-38-41(53-26-58(38)20-29)42(44(65)56-46-52-11-14-68-46)61-21-33-32(45(61)66)15-28(16-34(33)50)27-1-4-31(5-2-27)59-22-47(23-59)24-60(25-47)40(63)19-48(67)9-12-57(13-10-48)37-7-3-30(18-35(37)51)54-36-6-8-39(62)55-43(36)64/h1-5,7,11,14-16,18,26,29,36,42,54,67H,6,8-10,12-13,17,19-25H2,(H,52,56,65)(H,55,62,64). The molecule has 5 aromatic rings. The number of imidazole rings is 1. The van der Waals surface area contributed by atoms with Crippen molar-refractivity contribution in [1.29, 1.82) is 0 Å². The van der Waals surface area contributed by atoms with Gasteiger partial charge in [-0.2, -0.15) is 0 Å². The van der Waals surface area contributed by atoms with Crippen molar-refractivity contribution < 1.29 is 42.3 Å². The molecule has 4 fully saturated rings. The van der Waals surface area contributed by atoms with Crippen molar-refractivity contribution in [3.05, 3.63) is 107 Å². The number of thiazole rings is 1. The summed E-state index contributed by atoms with van der Waals surface area (Å²) in [4.78, 5) is 80.7. The summed E-state index contributed by atoms with van der Waals surface area (Å²) in [5.74, 6) is -3.05. The fraction of sp³-hybridized carbons (Fsp3) is 0.396. The molecule has 4 saturated heterocycles. The van der Waals surface area contributed by atoms with E-state index in [9.17, 15) is 33.5 Å². The Morgan fingerprint density at radius 3 is 2.44 bits per heavy atom. The molecule has 2 aromatic heterocycles. The van der Waals surface area contributed by atoms with E-state index in [0.717, 1.165) is 18.8 Å². The number of aromatic nitrogens is 3. The second-order valence-corrected chi connectivity index (χ2v) is 19.9. The van der Waals surface area contributed by atoms with Crippen LogP contribution in [0, 0.1) is 17.0 Å². The summed E-state index contributed by atoms with van der Waals surface area (Å²) in [7, 11) is 0. The number of amides is 5. The lowest BCUT2D eigenvalue weighted by Crippen LogP contribution is -2.73. The lowest BCUT2D eigenvalue weighted by Gasteiger charge is -2.61. The van der Waals surface area contributed by atoms with Crippen LogP contribution in [-0.4, -0.2) is 116 Å². The molecule has 3 unspecified atom stereocenters. The zero-order chi connectivity index (χ0) is 47.1. The Bertz CT molecular complexity index is 2860. The predicted molar refractivity (Wildman–Crippen MR) is 244 cm³/mol. The highest BCUT2D eigenvalue weighted by Gasteiger charge is 2.54. The number of benzene rings is 3. The van der Waals surface area contributed by atoms with Crippen LogP contribution in [0.5, 0.6) is 0 Å². The molecule has 0 saturated carbocycles. The minimum atomic E-state index is -1.25. The van der Waals surface area contributed by atoms with Crippen LogP contribution in [-0.2, 0) is 38.7 Å². The summed E-state index contributed by atoms with van der Waals surface area (Å²) in [6, 6.07) is 13.4. The minimum absolute atomic E-state index is 0.0112. The Morgan fingerprint density at radius 2 is 1.72 bits per heavy atom. The zero-order valence-corrected chi connectivity index (χ0v) is 37.5. The van der Waals surface area contributed by atoms with Crippen molar-refractivity contribution in [2.24, 2.45) is 5.41 Å². The molecule has 0 aliphatic carbocycles. The van der Waals surface area contributed by atoms with Crippen molar-refractivity contribution in [3.8, 4) is 11.1 Å². The number of likely N-dealkylation sites (tertiary alicyclic amines) is 1. The Labute approximate surface area is 392 Å². The number of fused-ring (bicyclic) bond motifs is 2. The van der Waals surface area contributed by atoms with Gasteiger partial charge in [0.2, 0.25) is 17.7 Å². The second kappa shape index (κ2) is 16.8. The van der Waals surface area contributed by atoms with Crippen LogP contribution in [0.2, 0.25) is 0 Å². The molecule has 3 atom stereocenters. The van der Waals surface area contributed by atoms with Gasteiger partial charge in [0.05, 0.1) is 42.8 Å². The molecule has 352 valence electrons. The van der Waals surface area contributed by atoms with Gasteiger partial charge in [-0.25, -0.2) is 23.1 Å². The van der Waals surface area contributed by atoms with Gasteiger partial charge in [-0.05, 0) is 72.9 Å². The number of halogens is 3. The van der Waals surface area contributed by atoms with Gasteiger partial charge in [0.25, 0.3) is 11.8 Å². The maximum absolute atomic E-state index is 15.9. The number of piperidine rings is 2. The molecule has 8 heterocycles. The molecule has 6 aliphatic heterocycles. The Hall–Kier alpha value is -6.80. The first kappa shape index (κ1) is 43.8. The number of rotatable bonds is 11. The maximum Gasteiger partial charge on any atom is 0.255 e. The Morgan fingerprint density at radius 1 is 0.941 bits per heavy atom. The number of aliphatic hydroxyl groups is 1. The number of hydrogen-bond acceptors (Lipinski definition) is 12. The monoisotopic (exact) mass is 948 g/mol. The predicted octanol–water partition coefficient (Wildman–Crippen LogP) is 4.80. The van der Waals surface area contributed by atoms with E-state index in [0.29, 0.717) is 78.8 Å². The summed E-state index contributed by atoms with van der Waals surface area (Å²) in [6.45, 7) is 3.30. The van der Waals surface area contributed by atoms with Crippen molar-refractivity contribution in [1.82, 2.24) is 29.7 Å². The van der Waals surface area contributed by atoms with Crippen molar-refractivity contribution >= 4 is 63.1 Å². The average Bonchev–Trinajstić information content (AvgIpc) is 4.08. The van der Waals surface area contributed by atoms with Crippen LogP contribution in [0.3, 0.4) is 0 Å². The highest BCUT2D eigenvalue weighted by atomic mass is 32.1. The van der Waals surface area contributed by atoms with E-state index in [2.05, 4.69) is 30.8 Å². The number of hydrogen-bond donors (Lipinski definition) is 4. The first-order valence-electron chi connectivity index (χ1n) is 22.7. The molecular formula is C48H47F3N10O6S. The number of nitrogens with one attached hydrogen (secondary N) is 3. The van der Waals surface area contributed by atoms with E-state index in [4.69, 9.17) is 0 Å². The zero-order valence-electron chi connectivity index (χ0n) is 36.7. The molecule has 68 heavy (non-hydrogen) atoms. The third-order valence-corrected chi connectivity index (χ3v) is 15.0. The summed E-state index contributed by atoms with van der Waals surface area (Å²) in [5.41, 5.74) is 2.78. The fourth-order valence-electron chi connectivity index (χ4n) is 10.7. The average molecular weight is 949 g/mol. The number of imide groups is 1. The fourth-order valence-corrected chi connectivity index (χ4v) is 11.3. The van der Waals surface area contributed by atoms with Crippen molar-refractivity contribution in [3.63, 3.8) is 0 Å².